The SMILES string of the molecule is CCCNC(c1cnccn1)c1cc2cccc(F)c2o1. The summed E-state index contributed by atoms with van der Waals surface area (Å²) in [6.07, 6.45) is 5.93. The summed E-state index contributed by atoms with van der Waals surface area (Å²) in [5.74, 6) is 0.288. The number of fused-ring (bicyclic) bond motifs is 1. The third-order valence-electron chi connectivity index (χ3n) is 3.28. The molecule has 21 heavy (non-hydrogen) atoms. The van der Waals surface area contributed by atoms with E-state index in [4.69, 9.17) is 4.42 Å². The van der Waals surface area contributed by atoms with E-state index in [1.807, 2.05) is 12.1 Å². The molecule has 0 aliphatic rings. The van der Waals surface area contributed by atoms with Gasteiger partial charge in [0.1, 0.15) is 11.8 Å². The Morgan fingerprint density at radius 1 is 1.33 bits per heavy atom. The molecule has 0 saturated heterocycles. The highest BCUT2D eigenvalue weighted by atomic mass is 19.1. The molecular formula is C16H16FN3O. The van der Waals surface area contributed by atoms with Gasteiger partial charge in [-0.2, -0.15) is 0 Å². The summed E-state index contributed by atoms with van der Waals surface area (Å²) in [7, 11) is 0. The van der Waals surface area contributed by atoms with Crippen LogP contribution in [0, 0.1) is 5.82 Å². The number of nitrogens with one attached hydrogen (secondary N) is 1. The Balaban J connectivity index is 2.03. The van der Waals surface area contributed by atoms with Crippen molar-refractivity contribution in [3.8, 4) is 0 Å². The lowest BCUT2D eigenvalue weighted by Gasteiger charge is -2.14. The van der Waals surface area contributed by atoms with E-state index in [-0.39, 0.29) is 17.4 Å². The number of aromatic nitrogens is 2. The van der Waals surface area contributed by atoms with Crippen molar-refractivity contribution in [3.05, 3.63) is 60.1 Å². The Kier molecular flexibility index (Phi) is 3.92. The van der Waals surface area contributed by atoms with E-state index >= 15 is 0 Å². The molecular weight excluding hydrogens is 269 g/mol. The van der Waals surface area contributed by atoms with Gasteiger partial charge in [0.05, 0.1) is 11.9 Å². The Labute approximate surface area is 122 Å². The van der Waals surface area contributed by atoms with Gasteiger partial charge in [0, 0.05) is 17.8 Å². The van der Waals surface area contributed by atoms with Crippen molar-refractivity contribution in [2.45, 2.75) is 19.4 Å². The first-order valence-electron chi connectivity index (χ1n) is 6.97. The largest absolute Gasteiger partial charge is 0.456 e. The highest BCUT2D eigenvalue weighted by molar-refractivity contribution is 5.78. The van der Waals surface area contributed by atoms with Gasteiger partial charge in [0.25, 0.3) is 0 Å². The van der Waals surface area contributed by atoms with Gasteiger partial charge < -0.3 is 9.73 Å². The van der Waals surface area contributed by atoms with Crippen molar-refractivity contribution in [1.29, 1.82) is 0 Å². The summed E-state index contributed by atoms with van der Waals surface area (Å²) in [4.78, 5) is 8.41. The third-order valence-corrected chi connectivity index (χ3v) is 3.28. The standard InChI is InChI=1S/C16H16FN3O/c1-2-6-20-15(13-10-18-7-8-19-13)14-9-11-4-3-5-12(17)16(11)21-14/h3-5,7-10,15,20H,2,6H2,1H3. The Morgan fingerprint density at radius 2 is 2.24 bits per heavy atom. The lowest BCUT2D eigenvalue weighted by Crippen LogP contribution is -2.23. The predicted octanol–water partition coefficient (Wildman–Crippen LogP) is 3.45. The zero-order chi connectivity index (χ0) is 14.7. The molecule has 1 N–H and O–H groups in total. The summed E-state index contributed by atoms with van der Waals surface area (Å²) < 4.78 is 19.5. The third kappa shape index (κ3) is 2.78. The highest BCUT2D eigenvalue weighted by Crippen LogP contribution is 2.28. The fourth-order valence-electron chi connectivity index (χ4n) is 2.29. The summed E-state index contributed by atoms with van der Waals surface area (Å²) in [6, 6.07) is 6.52. The Morgan fingerprint density at radius 3 is 2.95 bits per heavy atom. The summed E-state index contributed by atoms with van der Waals surface area (Å²) in [6.45, 7) is 2.89. The number of hydrogen-bond donors (Lipinski definition) is 1. The minimum absolute atomic E-state index is 0.231. The molecule has 1 unspecified atom stereocenters. The molecule has 2 aromatic heterocycles. The number of halogens is 1. The van der Waals surface area contributed by atoms with Crippen molar-refractivity contribution in [2.24, 2.45) is 0 Å². The van der Waals surface area contributed by atoms with Crippen LogP contribution in [0.15, 0.2) is 47.3 Å². The maximum Gasteiger partial charge on any atom is 0.169 e. The molecule has 0 bridgehead atoms. The monoisotopic (exact) mass is 285 g/mol. The van der Waals surface area contributed by atoms with Crippen molar-refractivity contribution < 1.29 is 8.81 Å². The number of benzene rings is 1. The average Bonchev–Trinajstić information content (AvgIpc) is 2.94. The number of nitrogens with zero attached hydrogens (tertiary/aromatic N) is 2. The molecule has 0 saturated carbocycles. The van der Waals surface area contributed by atoms with E-state index in [0.29, 0.717) is 5.76 Å². The fraction of sp³-hybridized carbons (Fsp3) is 0.250. The van der Waals surface area contributed by atoms with Gasteiger partial charge in [0.2, 0.25) is 0 Å². The van der Waals surface area contributed by atoms with Crippen molar-refractivity contribution in [1.82, 2.24) is 15.3 Å². The molecule has 1 aromatic carbocycles. The smallest absolute Gasteiger partial charge is 0.169 e. The zero-order valence-corrected chi connectivity index (χ0v) is 11.7. The van der Waals surface area contributed by atoms with E-state index in [9.17, 15) is 4.39 Å². The Bertz CT molecular complexity index is 727. The Hall–Kier alpha value is -2.27. The predicted molar refractivity (Wildman–Crippen MR) is 78.3 cm³/mol. The molecule has 0 spiro atoms. The van der Waals surface area contributed by atoms with Gasteiger partial charge >= 0.3 is 0 Å². The maximum absolute atomic E-state index is 13.8. The van der Waals surface area contributed by atoms with E-state index in [1.165, 1.54) is 6.07 Å². The van der Waals surface area contributed by atoms with Crippen LogP contribution in [-0.4, -0.2) is 16.5 Å². The quantitative estimate of drug-likeness (QED) is 0.780. The average molecular weight is 285 g/mol. The molecule has 0 aliphatic heterocycles. The zero-order valence-electron chi connectivity index (χ0n) is 11.7. The number of para-hydroxylation sites is 1. The molecule has 5 heteroatoms. The second-order valence-corrected chi connectivity index (χ2v) is 4.82. The topological polar surface area (TPSA) is 51.0 Å². The second kappa shape index (κ2) is 6.01. The molecule has 108 valence electrons. The molecule has 3 rings (SSSR count). The van der Waals surface area contributed by atoms with E-state index in [1.54, 1.807) is 24.7 Å². The van der Waals surface area contributed by atoms with Crippen LogP contribution in [0.5, 0.6) is 0 Å². The lowest BCUT2D eigenvalue weighted by molar-refractivity contribution is 0.453. The number of hydrogen-bond acceptors (Lipinski definition) is 4. The van der Waals surface area contributed by atoms with Gasteiger partial charge in [-0.1, -0.05) is 19.1 Å². The fourth-order valence-corrected chi connectivity index (χ4v) is 2.29. The lowest BCUT2D eigenvalue weighted by atomic mass is 10.1. The molecule has 0 amide bonds. The second-order valence-electron chi connectivity index (χ2n) is 4.82. The van der Waals surface area contributed by atoms with Crippen LogP contribution in [0.2, 0.25) is 0 Å². The van der Waals surface area contributed by atoms with Crippen LogP contribution in [0.3, 0.4) is 0 Å². The highest BCUT2D eigenvalue weighted by Gasteiger charge is 2.20. The van der Waals surface area contributed by atoms with Crippen LogP contribution in [0.25, 0.3) is 11.0 Å². The maximum atomic E-state index is 13.8. The number of furan rings is 1. The van der Waals surface area contributed by atoms with Gasteiger partial charge in [-0.05, 0) is 25.1 Å². The van der Waals surface area contributed by atoms with Gasteiger partial charge in [-0.25, -0.2) is 4.39 Å². The van der Waals surface area contributed by atoms with Crippen LogP contribution in [-0.2, 0) is 0 Å². The molecule has 1 atom stereocenters. The summed E-state index contributed by atoms with van der Waals surface area (Å²) in [5.41, 5.74) is 1.03. The summed E-state index contributed by atoms with van der Waals surface area (Å²) >= 11 is 0. The summed E-state index contributed by atoms with van der Waals surface area (Å²) in [5, 5.41) is 4.11. The first-order chi connectivity index (χ1) is 10.3. The van der Waals surface area contributed by atoms with Crippen molar-refractivity contribution >= 4 is 11.0 Å². The molecule has 4 nitrogen and oxygen atoms in total. The van der Waals surface area contributed by atoms with Gasteiger partial charge in [-0.15, -0.1) is 0 Å². The molecule has 3 aromatic rings. The molecule has 0 aliphatic carbocycles. The molecule has 0 radical (unpaired) electrons. The van der Waals surface area contributed by atoms with E-state index in [0.717, 1.165) is 24.0 Å². The van der Waals surface area contributed by atoms with Gasteiger partial charge in [-0.3, -0.25) is 9.97 Å². The first-order valence-corrected chi connectivity index (χ1v) is 6.97. The normalized spacial score (nSPS) is 12.7. The van der Waals surface area contributed by atoms with Crippen LogP contribution >= 0.6 is 0 Å². The van der Waals surface area contributed by atoms with Crippen molar-refractivity contribution in [3.63, 3.8) is 0 Å². The molecule has 2 heterocycles. The van der Waals surface area contributed by atoms with Crippen molar-refractivity contribution in [2.75, 3.05) is 6.54 Å². The number of rotatable bonds is 5. The first kappa shape index (κ1) is 13.7. The minimum atomic E-state index is -0.355. The van der Waals surface area contributed by atoms with Crippen LogP contribution < -0.4 is 5.32 Å². The van der Waals surface area contributed by atoms with Crippen LogP contribution in [0.4, 0.5) is 4.39 Å². The van der Waals surface area contributed by atoms with Crippen LogP contribution in [0.1, 0.15) is 30.8 Å². The van der Waals surface area contributed by atoms with Gasteiger partial charge in [0.15, 0.2) is 11.4 Å². The van der Waals surface area contributed by atoms with E-state index in [2.05, 4.69) is 22.2 Å². The molecule has 0 fully saturated rings. The minimum Gasteiger partial charge on any atom is -0.456 e. The van der Waals surface area contributed by atoms with E-state index < -0.39 is 0 Å².